The van der Waals surface area contributed by atoms with E-state index in [9.17, 15) is 9.59 Å². The Morgan fingerprint density at radius 2 is 1.53 bits per heavy atom. The van der Waals surface area contributed by atoms with Gasteiger partial charge < -0.3 is 19.2 Å². The zero-order valence-electron chi connectivity index (χ0n) is 20.1. The van der Waals surface area contributed by atoms with Gasteiger partial charge in [-0.1, -0.05) is 25.0 Å². The minimum absolute atomic E-state index is 0.00967. The molecule has 0 aliphatic carbocycles. The van der Waals surface area contributed by atoms with Crippen molar-refractivity contribution >= 4 is 20.2 Å². The molecule has 1 atom stereocenters. The summed E-state index contributed by atoms with van der Waals surface area (Å²) in [4.78, 5) is 26.8. The van der Waals surface area contributed by atoms with Crippen molar-refractivity contribution < 1.29 is 18.6 Å². The molecule has 0 aliphatic rings. The number of ketones is 1. The zero-order valence-corrected chi connectivity index (χ0v) is 21.0. The summed E-state index contributed by atoms with van der Waals surface area (Å²) < 4.78 is 14.2. The second kappa shape index (κ2) is 15.9. The van der Waals surface area contributed by atoms with E-state index < -0.39 is 8.53 Å². The average Bonchev–Trinajstić information content (AvgIpc) is 2.74. The van der Waals surface area contributed by atoms with Gasteiger partial charge >= 0.3 is 0 Å². The first-order chi connectivity index (χ1) is 15.3. The highest BCUT2D eigenvalue weighted by Gasteiger charge is 2.27. The Bertz CT molecular complexity index is 724. The van der Waals surface area contributed by atoms with Crippen LogP contribution in [-0.4, -0.2) is 54.7 Å². The number of carbonyl (C=O) groups is 2. The third-order valence-corrected chi connectivity index (χ3v) is 6.87. The number of nitrogens with zero attached hydrogens (tertiary/aromatic N) is 2. The van der Waals surface area contributed by atoms with Gasteiger partial charge in [-0.15, -0.1) is 0 Å². The first-order valence-electron chi connectivity index (χ1n) is 11.3. The van der Waals surface area contributed by atoms with Crippen LogP contribution in [0.25, 0.3) is 4.85 Å². The lowest BCUT2D eigenvalue weighted by Crippen LogP contribution is -2.33. The molecule has 1 amide bonds. The van der Waals surface area contributed by atoms with Gasteiger partial charge in [-0.2, -0.15) is 0 Å². The monoisotopic (exact) mass is 463 g/mol. The van der Waals surface area contributed by atoms with Gasteiger partial charge in [0.25, 0.3) is 14.4 Å². The van der Waals surface area contributed by atoms with Crippen LogP contribution in [-0.2, 0) is 9.05 Å². The molecule has 8 heteroatoms. The molecule has 0 spiro atoms. The molecular weight excluding hydrogens is 425 g/mol. The van der Waals surface area contributed by atoms with Crippen molar-refractivity contribution in [3.05, 3.63) is 46.8 Å². The van der Waals surface area contributed by atoms with Crippen molar-refractivity contribution in [3.8, 4) is 0 Å². The fourth-order valence-electron chi connectivity index (χ4n) is 3.19. The fraction of sp³-hybridized carbons (Fsp3) is 0.625. The van der Waals surface area contributed by atoms with Crippen molar-refractivity contribution in [1.82, 2.24) is 9.99 Å². The third-order valence-electron chi connectivity index (χ3n) is 4.76. The maximum Gasteiger partial charge on any atom is 0.259 e. The number of unbranched alkanes of at least 4 members (excludes halogenated alkanes) is 3. The minimum atomic E-state index is -1.17. The minimum Gasteiger partial charge on any atom is -0.352 e. The first-order valence-corrected chi connectivity index (χ1v) is 12.5. The average molecular weight is 464 g/mol. The molecule has 1 unspecified atom stereocenters. The van der Waals surface area contributed by atoms with E-state index in [1.54, 1.807) is 24.3 Å². The van der Waals surface area contributed by atoms with E-state index >= 15 is 0 Å². The van der Waals surface area contributed by atoms with Crippen LogP contribution in [0.3, 0.4) is 0 Å². The van der Waals surface area contributed by atoms with E-state index in [4.69, 9.17) is 15.6 Å². The summed E-state index contributed by atoms with van der Waals surface area (Å²) in [6, 6.07) is 7.32. The fourth-order valence-corrected chi connectivity index (χ4v) is 4.81. The van der Waals surface area contributed by atoms with Gasteiger partial charge in [0.05, 0.1) is 6.61 Å². The van der Waals surface area contributed by atoms with Crippen molar-refractivity contribution in [2.75, 3.05) is 26.3 Å². The van der Waals surface area contributed by atoms with Gasteiger partial charge in [-0.05, 0) is 59.6 Å². The van der Waals surface area contributed by atoms with E-state index in [2.05, 4.69) is 42.5 Å². The summed E-state index contributed by atoms with van der Waals surface area (Å²) in [6.07, 6.45) is 3.84. The maximum absolute atomic E-state index is 12.2. The van der Waals surface area contributed by atoms with Crippen LogP contribution in [0.2, 0.25) is 0 Å². The van der Waals surface area contributed by atoms with Crippen LogP contribution in [0.5, 0.6) is 0 Å². The lowest BCUT2D eigenvalue weighted by atomic mass is 10.1. The lowest BCUT2D eigenvalue weighted by molar-refractivity contribution is 0.0950. The van der Waals surface area contributed by atoms with Gasteiger partial charge in [-0.25, -0.2) is 11.2 Å². The predicted molar refractivity (Wildman–Crippen MR) is 130 cm³/mol. The highest BCUT2D eigenvalue weighted by atomic mass is 31.2. The number of nitrogens with one attached hydrogen (secondary N) is 1. The maximum atomic E-state index is 12.2. The van der Waals surface area contributed by atoms with E-state index in [1.165, 1.54) is 6.92 Å². The van der Waals surface area contributed by atoms with Crippen molar-refractivity contribution in [1.29, 1.82) is 0 Å². The van der Waals surface area contributed by atoms with Crippen LogP contribution in [0.15, 0.2) is 24.3 Å². The van der Waals surface area contributed by atoms with E-state index in [0.717, 1.165) is 25.7 Å². The Kier molecular flexibility index (Phi) is 14.0. The summed E-state index contributed by atoms with van der Waals surface area (Å²) in [5, 5.41) is 2.92. The molecule has 1 N–H and O–H groups in total. The molecule has 0 aliphatic heterocycles. The second-order valence-corrected chi connectivity index (χ2v) is 9.61. The Labute approximate surface area is 194 Å². The summed E-state index contributed by atoms with van der Waals surface area (Å²) in [6.45, 7) is 18.9. The summed E-state index contributed by atoms with van der Waals surface area (Å²) in [5.74, 6) is -0.127. The molecule has 1 aromatic carbocycles. The lowest BCUT2D eigenvalue weighted by Gasteiger charge is -2.35. The molecule has 0 bridgehead atoms. The van der Waals surface area contributed by atoms with Crippen LogP contribution in [0.4, 0.5) is 0 Å². The number of Topliss-reactive ketones (excluding diaryl/α,β-unsaturated/α-hetero) is 1. The third kappa shape index (κ3) is 10.7. The molecule has 0 saturated carbocycles. The molecular formula is C24H38N3O4P. The SMILES string of the molecule is [C-]#[N+]CCOP(OCCCCCCNC(=O)c1ccc(C(C)=O)cc1)N(C(C)C)C(C)C. The number of rotatable bonds is 16. The molecule has 178 valence electrons. The molecule has 0 saturated heterocycles. The first kappa shape index (κ1) is 28.2. The van der Waals surface area contributed by atoms with Gasteiger partial charge in [-0.3, -0.25) is 9.59 Å². The quantitative estimate of drug-likeness (QED) is 0.152. The van der Waals surface area contributed by atoms with Gasteiger partial charge in [0.15, 0.2) is 5.78 Å². The highest BCUT2D eigenvalue weighted by molar-refractivity contribution is 7.44. The van der Waals surface area contributed by atoms with E-state index in [0.29, 0.717) is 49.5 Å². The number of benzene rings is 1. The van der Waals surface area contributed by atoms with Crippen molar-refractivity contribution in [2.45, 2.75) is 72.4 Å². The van der Waals surface area contributed by atoms with E-state index in [-0.39, 0.29) is 11.7 Å². The smallest absolute Gasteiger partial charge is 0.259 e. The summed E-state index contributed by atoms with van der Waals surface area (Å²) in [5.41, 5.74) is 1.17. The molecule has 0 fully saturated rings. The van der Waals surface area contributed by atoms with Crippen molar-refractivity contribution in [2.24, 2.45) is 0 Å². The van der Waals surface area contributed by atoms with Gasteiger partial charge in [0.2, 0.25) is 6.54 Å². The Morgan fingerprint density at radius 3 is 2.09 bits per heavy atom. The van der Waals surface area contributed by atoms with Crippen LogP contribution in [0, 0.1) is 6.57 Å². The number of amides is 1. The van der Waals surface area contributed by atoms with E-state index in [1.807, 2.05) is 0 Å². The molecule has 0 radical (unpaired) electrons. The number of carbonyl (C=O) groups excluding carboxylic acids is 2. The van der Waals surface area contributed by atoms with Crippen molar-refractivity contribution in [3.63, 3.8) is 0 Å². The molecule has 0 aromatic heterocycles. The van der Waals surface area contributed by atoms with Crippen LogP contribution in [0.1, 0.15) is 81.0 Å². The predicted octanol–water partition coefficient (Wildman–Crippen LogP) is 5.48. The molecule has 0 heterocycles. The Morgan fingerprint density at radius 1 is 0.969 bits per heavy atom. The normalized spacial score (nSPS) is 12.2. The molecule has 1 aromatic rings. The topological polar surface area (TPSA) is 72.2 Å². The highest BCUT2D eigenvalue weighted by Crippen LogP contribution is 2.45. The molecule has 7 nitrogen and oxygen atoms in total. The van der Waals surface area contributed by atoms with Gasteiger partial charge in [0.1, 0.15) is 6.61 Å². The summed E-state index contributed by atoms with van der Waals surface area (Å²) >= 11 is 0. The van der Waals surface area contributed by atoms with Gasteiger partial charge in [0, 0.05) is 29.8 Å². The van der Waals surface area contributed by atoms with Crippen LogP contribution < -0.4 is 5.32 Å². The van der Waals surface area contributed by atoms with Crippen LogP contribution >= 0.6 is 8.53 Å². The Hall–Kier alpha value is -1.84. The zero-order chi connectivity index (χ0) is 23.9. The number of hydrogen-bond acceptors (Lipinski definition) is 5. The number of hydrogen-bond donors (Lipinski definition) is 1. The molecule has 32 heavy (non-hydrogen) atoms. The molecule has 1 rings (SSSR count). The largest absolute Gasteiger partial charge is 0.352 e. The summed E-state index contributed by atoms with van der Waals surface area (Å²) in [7, 11) is -1.17. The Balaban J connectivity index is 2.28. The second-order valence-electron chi connectivity index (χ2n) is 8.16. The standard InChI is InChI=1S/C24H38N3O4P/c1-19(2)27(20(3)4)32(31-18-16-25-6)30-17-10-8-7-9-15-26-24(29)23-13-11-22(12-14-23)21(5)28/h11-14,19-20H,7-10,15-18H2,1-5H3,(H,26,29).